The molecule has 0 aromatic carbocycles. The summed E-state index contributed by atoms with van der Waals surface area (Å²) in [5.74, 6) is -0.582. The van der Waals surface area contributed by atoms with Gasteiger partial charge in [0.1, 0.15) is 5.65 Å². The van der Waals surface area contributed by atoms with Crippen LogP contribution in [0.3, 0.4) is 0 Å². The van der Waals surface area contributed by atoms with Gasteiger partial charge in [0.2, 0.25) is 0 Å². The summed E-state index contributed by atoms with van der Waals surface area (Å²) in [6.07, 6.45) is 6.05. The molecule has 0 radical (unpaired) electrons. The van der Waals surface area contributed by atoms with E-state index >= 15 is 0 Å². The Morgan fingerprint density at radius 1 is 1.29 bits per heavy atom. The van der Waals surface area contributed by atoms with Crippen molar-refractivity contribution in [1.29, 1.82) is 0 Å². The van der Waals surface area contributed by atoms with Crippen LogP contribution in [0.15, 0.2) is 47.8 Å². The van der Waals surface area contributed by atoms with Gasteiger partial charge in [-0.3, -0.25) is 4.79 Å². The van der Waals surface area contributed by atoms with Crippen LogP contribution in [0.5, 0.6) is 0 Å². The normalized spacial score (nSPS) is 10.7. The molecule has 106 valence electrons. The molecular formula is C14H12N4O3. The van der Waals surface area contributed by atoms with Gasteiger partial charge < -0.3 is 13.7 Å². The van der Waals surface area contributed by atoms with Gasteiger partial charge in [-0.1, -0.05) is 6.07 Å². The van der Waals surface area contributed by atoms with Gasteiger partial charge in [-0.15, -0.1) is 0 Å². The number of carbonyl (C=O) groups is 1. The average Bonchev–Trinajstić information content (AvgIpc) is 2.92. The molecule has 0 unspecified atom stereocenters. The first kappa shape index (κ1) is 13.0. The molecule has 3 heterocycles. The van der Waals surface area contributed by atoms with Crippen LogP contribution in [0.2, 0.25) is 0 Å². The maximum absolute atomic E-state index is 11.9. The van der Waals surface area contributed by atoms with Crippen molar-refractivity contribution in [3.05, 3.63) is 64.7 Å². The number of esters is 1. The molecule has 0 N–H and O–H groups in total. The highest BCUT2D eigenvalue weighted by Crippen LogP contribution is 2.07. The van der Waals surface area contributed by atoms with Crippen molar-refractivity contribution < 1.29 is 9.53 Å². The molecular weight excluding hydrogens is 272 g/mol. The van der Waals surface area contributed by atoms with Crippen molar-refractivity contribution in [3.63, 3.8) is 0 Å². The lowest BCUT2D eigenvalue weighted by Gasteiger charge is -2.06. The van der Waals surface area contributed by atoms with E-state index in [1.165, 1.54) is 17.9 Å². The van der Waals surface area contributed by atoms with Crippen molar-refractivity contribution >= 4 is 11.6 Å². The molecule has 0 spiro atoms. The van der Waals surface area contributed by atoms with Gasteiger partial charge >= 0.3 is 5.97 Å². The summed E-state index contributed by atoms with van der Waals surface area (Å²) in [5, 5.41) is 0. The Morgan fingerprint density at radius 3 is 2.95 bits per heavy atom. The average molecular weight is 284 g/mol. The van der Waals surface area contributed by atoms with Gasteiger partial charge in [-0.2, -0.15) is 0 Å². The third kappa shape index (κ3) is 2.40. The molecule has 21 heavy (non-hydrogen) atoms. The molecule has 0 aliphatic heterocycles. The minimum Gasteiger partial charge on any atom is -0.464 e. The number of hydrogen-bond donors (Lipinski definition) is 0. The molecule has 0 fully saturated rings. The number of imidazole rings is 1. The van der Waals surface area contributed by atoms with E-state index in [-0.39, 0.29) is 17.8 Å². The second-order valence-corrected chi connectivity index (χ2v) is 4.41. The summed E-state index contributed by atoms with van der Waals surface area (Å²) in [7, 11) is 1.27. The summed E-state index contributed by atoms with van der Waals surface area (Å²) in [4.78, 5) is 31.4. The molecule has 0 aliphatic carbocycles. The van der Waals surface area contributed by atoms with Crippen LogP contribution in [0.1, 0.15) is 16.2 Å². The monoisotopic (exact) mass is 284 g/mol. The molecule has 7 heteroatoms. The predicted octanol–water partition coefficient (Wildman–Crippen LogP) is 0.726. The van der Waals surface area contributed by atoms with Gasteiger partial charge in [0.25, 0.3) is 5.56 Å². The number of rotatable bonds is 3. The quantitative estimate of drug-likeness (QED) is 0.662. The van der Waals surface area contributed by atoms with Gasteiger partial charge in [0, 0.05) is 12.4 Å². The maximum Gasteiger partial charge on any atom is 0.358 e. The van der Waals surface area contributed by atoms with Crippen molar-refractivity contribution in [3.8, 4) is 0 Å². The Balaban J connectivity index is 2.01. The second kappa shape index (κ2) is 5.20. The molecule has 0 bridgehead atoms. The number of ether oxygens (including phenoxy) is 1. The number of carbonyl (C=O) groups excluding carboxylic acids is 1. The zero-order valence-electron chi connectivity index (χ0n) is 11.3. The van der Waals surface area contributed by atoms with E-state index in [9.17, 15) is 9.59 Å². The maximum atomic E-state index is 11.9. The lowest BCUT2D eigenvalue weighted by molar-refractivity contribution is 0.0592. The number of fused-ring (bicyclic) bond motifs is 1. The Kier molecular flexibility index (Phi) is 3.23. The van der Waals surface area contributed by atoms with E-state index in [1.54, 1.807) is 6.20 Å². The van der Waals surface area contributed by atoms with Crippen LogP contribution in [-0.2, 0) is 11.3 Å². The van der Waals surface area contributed by atoms with Crippen molar-refractivity contribution in [2.45, 2.75) is 6.54 Å². The van der Waals surface area contributed by atoms with Gasteiger partial charge in [0.05, 0.1) is 31.7 Å². The summed E-state index contributed by atoms with van der Waals surface area (Å²) in [6.45, 7) is 0.288. The second-order valence-electron chi connectivity index (χ2n) is 4.41. The minimum absolute atomic E-state index is 0.0888. The van der Waals surface area contributed by atoms with Crippen molar-refractivity contribution in [1.82, 2.24) is 18.9 Å². The largest absolute Gasteiger partial charge is 0.464 e. The number of methoxy groups -OCH3 is 1. The summed E-state index contributed by atoms with van der Waals surface area (Å²) in [6, 6.07) is 5.65. The fraction of sp³-hybridized carbons (Fsp3) is 0.143. The lowest BCUT2D eigenvalue weighted by Crippen LogP contribution is -2.23. The van der Waals surface area contributed by atoms with Crippen LogP contribution in [-0.4, -0.2) is 32.0 Å². The highest BCUT2D eigenvalue weighted by atomic mass is 16.5. The molecule has 0 amide bonds. The SMILES string of the molecule is COC(=O)c1cn(Cc2cnc3ccccn23)c(=O)cn1. The summed E-state index contributed by atoms with van der Waals surface area (Å²) >= 11 is 0. The van der Waals surface area contributed by atoms with E-state index in [0.29, 0.717) is 0 Å². The van der Waals surface area contributed by atoms with Crippen molar-refractivity contribution in [2.75, 3.05) is 7.11 Å². The van der Waals surface area contributed by atoms with Crippen LogP contribution < -0.4 is 5.56 Å². The first-order valence-electron chi connectivity index (χ1n) is 6.25. The van der Waals surface area contributed by atoms with Crippen LogP contribution in [0.25, 0.3) is 5.65 Å². The van der Waals surface area contributed by atoms with Crippen LogP contribution in [0, 0.1) is 0 Å². The first-order chi connectivity index (χ1) is 10.2. The summed E-state index contributed by atoms with van der Waals surface area (Å²) < 4.78 is 7.88. The predicted molar refractivity (Wildman–Crippen MR) is 74.1 cm³/mol. The summed E-state index contributed by atoms with van der Waals surface area (Å²) in [5.41, 5.74) is 1.41. The first-order valence-corrected chi connectivity index (χ1v) is 6.25. The number of nitrogens with zero attached hydrogens (tertiary/aromatic N) is 4. The Labute approximate surface area is 119 Å². The molecule has 3 rings (SSSR count). The fourth-order valence-corrected chi connectivity index (χ4v) is 2.05. The van der Waals surface area contributed by atoms with E-state index < -0.39 is 5.97 Å². The molecule has 0 saturated heterocycles. The number of hydrogen-bond acceptors (Lipinski definition) is 5. The van der Waals surface area contributed by atoms with Crippen molar-refractivity contribution in [2.24, 2.45) is 0 Å². The smallest absolute Gasteiger partial charge is 0.358 e. The lowest BCUT2D eigenvalue weighted by atomic mass is 10.4. The zero-order chi connectivity index (χ0) is 14.8. The Morgan fingerprint density at radius 2 is 2.14 bits per heavy atom. The van der Waals surface area contributed by atoms with Gasteiger partial charge in [0.15, 0.2) is 5.69 Å². The van der Waals surface area contributed by atoms with Crippen LogP contribution in [0.4, 0.5) is 0 Å². The minimum atomic E-state index is -0.582. The standard InChI is InChI=1S/C14H12N4O3/c1-21-14(20)11-9-17(13(19)7-15-11)8-10-6-16-12-4-2-3-5-18(10)12/h2-7,9H,8H2,1H3. The highest BCUT2D eigenvalue weighted by Gasteiger charge is 2.10. The van der Waals surface area contributed by atoms with E-state index in [1.807, 2.05) is 28.8 Å². The molecule has 0 aliphatic rings. The van der Waals surface area contributed by atoms with Gasteiger partial charge in [-0.05, 0) is 12.1 Å². The van der Waals surface area contributed by atoms with Crippen LogP contribution >= 0.6 is 0 Å². The zero-order valence-corrected chi connectivity index (χ0v) is 11.3. The van der Waals surface area contributed by atoms with E-state index in [4.69, 9.17) is 0 Å². The number of pyridine rings is 1. The fourth-order valence-electron chi connectivity index (χ4n) is 2.05. The van der Waals surface area contributed by atoms with E-state index in [0.717, 1.165) is 17.5 Å². The molecule has 3 aromatic rings. The molecule has 7 nitrogen and oxygen atoms in total. The molecule has 0 saturated carbocycles. The Hall–Kier alpha value is -2.96. The third-order valence-corrected chi connectivity index (χ3v) is 3.10. The molecule has 3 aromatic heterocycles. The third-order valence-electron chi connectivity index (χ3n) is 3.10. The van der Waals surface area contributed by atoms with Gasteiger partial charge in [-0.25, -0.2) is 14.8 Å². The Bertz CT molecular complexity index is 866. The van der Waals surface area contributed by atoms with E-state index in [2.05, 4.69) is 14.7 Å². The topological polar surface area (TPSA) is 78.5 Å². The molecule has 0 atom stereocenters. The highest BCUT2D eigenvalue weighted by molar-refractivity contribution is 5.86. The number of aromatic nitrogens is 4.